The van der Waals surface area contributed by atoms with E-state index in [1.807, 2.05) is 0 Å². The van der Waals surface area contributed by atoms with Crippen molar-refractivity contribution in [3.63, 3.8) is 0 Å². The Bertz CT molecular complexity index is 791. The number of rotatable bonds is 3. The summed E-state index contributed by atoms with van der Waals surface area (Å²) < 4.78 is 18.6. The lowest BCUT2D eigenvalue weighted by molar-refractivity contribution is -0.00439. The number of aryl methyl sites for hydroxylation is 1. The van der Waals surface area contributed by atoms with E-state index in [0.29, 0.717) is 0 Å². The van der Waals surface area contributed by atoms with Crippen LogP contribution in [0.15, 0.2) is 24.5 Å². The lowest BCUT2D eigenvalue weighted by Crippen LogP contribution is -2.41. The molecule has 0 saturated carbocycles. The molecule has 2 unspecified atom stereocenters. The quantitative estimate of drug-likeness (QED) is 0.843. The van der Waals surface area contributed by atoms with Crippen molar-refractivity contribution in [1.82, 2.24) is 15.2 Å². The molecule has 2 aliphatic rings. The average Bonchev–Trinajstić information content (AvgIpc) is 3.21. The Morgan fingerprint density at radius 2 is 1.89 bits per heavy atom. The standard InChI is InChI=1S/C20H28BN3O3/c1-13-11-14(17-15(7-6-10-25-17)18-22-12-23-24-18)8-9-16(13)21-26-19(2,3)20(4,5)27-21/h8-9,11-12,15,17H,6-7,10H2,1-5H3,(H,22,23,24). The first-order valence-electron chi connectivity index (χ1n) is 9.71. The smallest absolute Gasteiger partial charge is 0.399 e. The Morgan fingerprint density at radius 3 is 2.52 bits per heavy atom. The maximum Gasteiger partial charge on any atom is 0.495 e. The van der Waals surface area contributed by atoms with Gasteiger partial charge in [0.25, 0.3) is 0 Å². The van der Waals surface area contributed by atoms with Gasteiger partial charge >= 0.3 is 7.12 Å². The molecule has 2 aliphatic heterocycles. The van der Waals surface area contributed by atoms with Gasteiger partial charge in [-0.3, -0.25) is 5.10 Å². The molecule has 0 radical (unpaired) electrons. The number of aromatic amines is 1. The third kappa shape index (κ3) is 3.32. The lowest BCUT2D eigenvalue weighted by atomic mass is 9.75. The van der Waals surface area contributed by atoms with Crippen LogP contribution in [-0.2, 0) is 14.0 Å². The summed E-state index contributed by atoms with van der Waals surface area (Å²) in [4.78, 5) is 4.36. The predicted molar refractivity (Wildman–Crippen MR) is 104 cm³/mol. The zero-order valence-electron chi connectivity index (χ0n) is 16.8. The van der Waals surface area contributed by atoms with Gasteiger partial charge in [0.05, 0.1) is 17.3 Å². The van der Waals surface area contributed by atoms with Crippen LogP contribution in [0.1, 0.15) is 69.5 Å². The molecule has 0 amide bonds. The van der Waals surface area contributed by atoms with E-state index in [0.717, 1.165) is 41.9 Å². The number of nitrogens with one attached hydrogen (secondary N) is 1. The first-order valence-corrected chi connectivity index (χ1v) is 9.71. The van der Waals surface area contributed by atoms with E-state index in [1.165, 1.54) is 0 Å². The average molecular weight is 369 g/mol. The van der Waals surface area contributed by atoms with Crippen molar-refractivity contribution in [2.45, 2.75) is 70.7 Å². The number of nitrogens with zero attached hydrogens (tertiary/aromatic N) is 2. The molecule has 0 bridgehead atoms. The van der Waals surface area contributed by atoms with Crippen molar-refractivity contribution in [3.05, 3.63) is 41.5 Å². The Balaban J connectivity index is 1.60. The maximum atomic E-state index is 6.22. The topological polar surface area (TPSA) is 69.3 Å². The normalized spacial score (nSPS) is 27.1. The van der Waals surface area contributed by atoms with E-state index in [9.17, 15) is 0 Å². The van der Waals surface area contributed by atoms with Crippen LogP contribution in [0.4, 0.5) is 0 Å². The van der Waals surface area contributed by atoms with E-state index < -0.39 is 0 Å². The van der Waals surface area contributed by atoms with Crippen molar-refractivity contribution in [1.29, 1.82) is 0 Å². The van der Waals surface area contributed by atoms with Crippen molar-refractivity contribution in [2.24, 2.45) is 0 Å². The molecule has 1 aromatic carbocycles. The molecule has 1 aromatic heterocycles. The van der Waals surface area contributed by atoms with E-state index in [2.05, 4.69) is 68.0 Å². The molecule has 2 fully saturated rings. The molecule has 6 nitrogen and oxygen atoms in total. The zero-order chi connectivity index (χ0) is 19.2. The summed E-state index contributed by atoms with van der Waals surface area (Å²) in [5.74, 6) is 1.09. The number of ether oxygens (including phenoxy) is 1. The minimum Gasteiger partial charge on any atom is -0.399 e. The van der Waals surface area contributed by atoms with Crippen LogP contribution >= 0.6 is 0 Å². The van der Waals surface area contributed by atoms with Gasteiger partial charge in [0, 0.05) is 12.5 Å². The highest BCUT2D eigenvalue weighted by molar-refractivity contribution is 6.62. The highest BCUT2D eigenvalue weighted by Crippen LogP contribution is 2.40. The molecule has 0 aliphatic carbocycles. The monoisotopic (exact) mass is 369 g/mol. The number of hydrogen-bond acceptors (Lipinski definition) is 5. The zero-order valence-corrected chi connectivity index (χ0v) is 16.8. The summed E-state index contributed by atoms with van der Waals surface area (Å²) in [6, 6.07) is 6.44. The first kappa shape index (κ1) is 18.7. The SMILES string of the molecule is Cc1cc(C2OCCCC2c2ncn[nH]2)ccc1B1OC(C)(C)C(C)(C)O1. The van der Waals surface area contributed by atoms with Crippen LogP contribution in [-0.4, -0.2) is 40.1 Å². The number of hydrogen-bond donors (Lipinski definition) is 1. The second-order valence-electron chi connectivity index (χ2n) is 8.62. The maximum absolute atomic E-state index is 6.22. The van der Waals surface area contributed by atoms with Gasteiger partial charge in [-0.15, -0.1) is 0 Å². The van der Waals surface area contributed by atoms with Crippen LogP contribution in [0.3, 0.4) is 0 Å². The van der Waals surface area contributed by atoms with Gasteiger partial charge in [-0.25, -0.2) is 4.98 Å². The Labute approximate surface area is 161 Å². The summed E-state index contributed by atoms with van der Waals surface area (Å²) in [5, 5.41) is 7.03. The second kappa shape index (κ2) is 6.72. The van der Waals surface area contributed by atoms with Gasteiger partial charge in [-0.05, 0) is 58.5 Å². The molecule has 2 saturated heterocycles. The number of aromatic nitrogens is 3. The van der Waals surface area contributed by atoms with E-state index in [4.69, 9.17) is 14.0 Å². The van der Waals surface area contributed by atoms with Crippen LogP contribution in [0.2, 0.25) is 0 Å². The molecular weight excluding hydrogens is 341 g/mol. The van der Waals surface area contributed by atoms with Crippen LogP contribution in [0.25, 0.3) is 0 Å². The van der Waals surface area contributed by atoms with Crippen LogP contribution < -0.4 is 5.46 Å². The van der Waals surface area contributed by atoms with Crippen molar-refractivity contribution >= 4 is 12.6 Å². The summed E-state index contributed by atoms with van der Waals surface area (Å²) >= 11 is 0. The highest BCUT2D eigenvalue weighted by Gasteiger charge is 2.52. The Kier molecular flexibility index (Phi) is 4.65. The van der Waals surface area contributed by atoms with Gasteiger partial charge in [0.15, 0.2) is 0 Å². The summed E-state index contributed by atoms with van der Waals surface area (Å²) in [6.07, 6.45) is 3.62. The Morgan fingerprint density at radius 1 is 1.15 bits per heavy atom. The van der Waals surface area contributed by atoms with E-state index in [-0.39, 0.29) is 30.3 Å². The molecule has 1 N–H and O–H groups in total. The minimum atomic E-state index is -0.346. The fourth-order valence-electron chi connectivity index (χ4n) is 3.89. The van der Waals surface area contributed by atoms with Gasteiger partial charge in [0.1, 0.15) is 12.2 Å². The second-order valence-corrected chi connectivity index (χ2v) is 8.62. The first-order chi connectivity index (χ1) is 12.8. The third-order valence-corrected chi connectivity index (χ3v) is 6.24. The van der Waals surface area contributed by atoms with Crippen LogP contribution in [0, 0.1) is 6.92 Å². The number of benzene rings is 1. The van der Waals surface area contributed by atoms with E-state index in [1.54, 1.807) is 6.33 Å². The van der Waals surface area contributed by atoms with E-state index >= 15 is 0 Å². The summed E-state index contributed by atoms with van der Waals surface area (Å²) in [6.45, 7) is 11.2. The molecule has 3 heterocycles. The number of H-pyrrole nitrogens is 1. The predicted octanol–water partition coefficient (Wildman–Crippen LogP) is 3.05. The van der Waals surface area contributed by atoms with Gasteiger partial charge in [0.2, 0.25) is 0 Å². The molecule has 144 valence electrons. The van der Waals surface area contributed by atoms with Gasteiger partial charge < -0.3 is 14.0 Å². The molecule has 2 atom stereocenters. The Hall–Kier alpha value is -1.70. The minimum absolute atomic E-state index is 0.0160. The molecule has 4 rings (SSSR count). The summed E-state index contributed by atoms with van der Waals surface area (Å²) in [7, 11) is -0.346. The molecular formula is C20H28BN3O3. The fraction of sp³-hybridized carbons (Fsp3) is 0.600. The molecule has 7 heteroatoms. The molecule has 0 spiro atoms. The largest absolute Gasteiger partial charge is 0.495 e. The van der Waals surface area contributed by atoms with Gasteiger partial charge in [-0.2, -0.15) is 5.10 Å². The fourth-order valence-corrected chi connectivity index (χ4v) is 3.89. The van der Waals surface area contributed by atoms with Crippen LogP contribution in [0.5, 0.6) is 0 Å². The molecule has 2 aromatic rings. The van der Waals surface area contributed by atoms with Crippen molar-refractivity contribution < 1.29 is 14.0 Å². The molecule has 27 heavy (non-hydrogen) atoms. The van der Waals surface area contributed by atoms with Crippen molar-refractivity contribution in [2.75, 3.05) is 6.61 Å². The highest BCUT2D eigenvalue weighted by atomic mass is 16.7. The van der Waals surface area contributed by atoms with Gasteiger partial charge in [-0.1, -0.05) is 23.8 Å². The summed E-state index contributed by atoms with van der Waals surface area (Å²) in [5.41, 5.74) is 2.70. The lowest BCUT2D eigenvalue weighted by Gasteiger charge is -2.32. The third-order valence-electron chi connectivity index (χ3n) is 6.24. The van der Waals surface area contributed by atoms with Crippen molar-refractivity contribution in [3.8, 4) is 0 Å².